The molecule has 3 aromatic heterocycles. The van der Waals surface area contributed by atoms with Gasteiger partial charge in [-0.3, -0.25) is 9.78 Å². The van der Waals surface area contributed by atoms with E-state index in [0.717, 1.165) is 33.9 Å². The number of fused-ring (bicyclic) bond motifs is 3. The lowest BCUT2D eigenvalue weighted by molar-refractivity contribution is -0.115. The van der Waals surface area contributed by atoms with E-state index in [1.54, 1.807) is 12.4 Å². The number of anilines is 1. The van der Waals surface area contributed by atoms with Crippen molar-refractivity contribution in [2.24, 2.45) is 0 Å². The Bertz CT molecular complexity index is 1470. The van der Waals surface area contributed by atoms with Crippen LogP contribution in [0.25, 0.3) is 33.0 Å². The number of carbonyl (C=O) groups is 1. The number of hydrogen-bond donors (Lipinski definition) is 1. The van der Waals surface area contributed by atoms with Gasteiger partial charge in [-0.1, -0.05) is 36.4 Å². The minimum atomic E-state index is -0.122. The van der Waals surface area contributed by atoms with Crippen molar-refractivity contribution in [2.45, 2.75) is 12.8 Å². The Morgan fingerprint density at radius 3 is 2.73 bits per heavy atom. The van der Waals surface area contributed by atoms with Crippen LogP contribution in [0.4, 0.5) is 5.13 Å². The molecule has 1 aliphatic rings. The summed E-state index contributed by atoms with van der Waals surface area (Å²) in [5, 5.41) is 8.28. The maximum Gasteiger partial charge on any atom is 0.232 e. The zero-order chi connectivity index (χ0) is 22.2. The van der Waals surface area contributed by atoms with Gasteiger partial charge in [0.05, 0.1) is 17.8 Å². The highest BCUT2D eigenvalue weighted by Crippen LogP contribution is 2.38. The quantitative estimate of drug-likeness (QED) is 0.334. The molecule has 7 heteroatoms. The molecular weight excluding hydrogens is 448 g/mol. The molecule has 0 fully saturated rings. The predicted molar refractivity (Wildman–Crippen MR) is 133 cm³/mol. The van der Waals surface area contributed by atoms with Crippen LogP contribution in [-0.4, -0.2) is 20.9 Å². The predicted octanol–water partition coefficient (Wildman–Crippen LogP) is 6.08. The van der Waals surface area contributed by atoms with Gasteiger partial charge in [0.2, 0.25) is 5.91 Å². The molecule has 0 unspecified atom stereocenters. The van der Waals surface area contributed by atoms with E-state index in [1.807, 2.05) is 22.9 Å². The smallest absolute Gasteiger partial charge is 0.232 e. The summed E-state index contributed by atoms with van der Waals surface area (Å²) >= 11 is 2.95. The molecule has 3 heterocycles. The van der Waals surface area contributed by atoms with E-state index in [-0.39, 0.29) is 12.3 Å². The number of pyridine rings is 1. The van der Waals surface area contributed by atoms with Crippen molar-refractivity contribution in [3.05, 3.63) is 94.6 Å². The van der Waals surface area contributed by atoms with E-state index in [0.29, 0.717) is 5.13 Å². The van der Waals surface area contributed by atoms with Gasteiger partial charge < -0.3 is 5.32 Å². The first-order valence-corrected chi connectivity index (χ1v) is 12.3. The van der Waals surface area contributed by atoms with Crippen LogP contribution in [0.5, 0.6) is 0 Å². The Balaban J connectivity index is 1.14. The van der Waals surface area contributed by atoms with Crippen molar-refractivity contribution < 1.29 is 4.79 Å². The molecule has 0 saturated carbocycles. The van der Waals surface area contributed by atoms with Gasteiger partial charge in [0.15, 0.2) is 5.13 Å². The van der Waals surface area contributed by atoms with Crippen molar-refractivity contribution >= 4 is 33.7 Å². The third-order valence-electron chi connectivity index (χ3n) is 5.64. The first-order chi connectivity index (χ1) is 16.2. The second kappa shape index (κ2) is 8.35. The Kier molecular flexibility index (Phi) is 5.05. The highest BCUT2D eigenvalue weighted by Gasteiger charge is 2.19. The molecule has 0 spiro atoms. The standard InChI is InChI=1S/C26H18N4OS2/c31-24(12-20-14-32-25(28-20)18-5-3-9-27-13-18)30-26-29-23(15-33-26)17-7-8-22-19(11-17)10-16-4-1-2-6-21(16)22/h1-9,11,13-15H,10,12H2,(H,29,30,31). The van der Waals surface area contributed by atoms with Crippen molar-refractivity contribution in [1.82, 2.24) is 15.0 Å². The number of nitrogens with one attached hydrogen (secondary N) is 1. The van der Waals surface area contributed by atoms with Crippen LogP contribution >= 0.6 is 22.7 Å². The van der Waals surface area contributed by atoms with Crippen LogP contribution in [0.3, 0.4) is 0 Å². The largest absolute Gasteiger partial charge is 0.302 e. The molecule has 2 aromatic carbocycles. The number of rotatable bonds is 5. The second-order valence-corrected chi connectivity index (χ2v) is 9.57. The monoisotopic (exact) mass is 466 g/mol. The highest BCUT2D eigenvalue weighted by molar-refractivity contribution is 7.14. The van der Waals surface area contributed by atoms with Gasteiger partial charge in [0.25, 0.3) is 0 Å². The van der Waals surface area contributed by atoms with E-state index in [2.05, 4.69) is 62.7 Å². The summed E-state index contributed by atoms with van der Waals surface area (Å²) in [5.41, 5.74) is 8.94. The molecule has 6 rings (SSSR count). The summed E-state index contributed by atoms with van der Waals surface area (Å²) in [6.45, 7) is 0. The van der Waals surface area contributed by atoms with Crippen molar-refractivity contribution in [3.8, 4) is 33.0 Å². The lowest BCUT2D eigenvalue weighted by Crippen LogP contribution is -2.14. The molecule has 0 bridgehead atoms. The minimum Gasteiger partial charge on any atom is -0.302 e. The van der Waals surface area contributed by atoms with Crippen molar-refractivity contribution in [3.63, 3.8) is 0 Å². The molecule has 5 nitrogen and oxygen atoms in total. The SMILES string of the molecule is O=C(Cc1csc(-c2cccnc2)n1)Nc1nc(-c2ccc3c(c2)Cc2ccccc2-3)cs1. The number of carbonyl (C=O) groups excluding carboxylic acids is 1. The van der Waals surface area contributed by atoms with Crippen LogP contribution < -0.4 is 5.32 Å². The van der Waals surface area contributed by atoms with Gasteiger partial charge in [-0.05, 0) is 46.9 Å². The zero-order valence-corrected chi connectivity index (χ0v) is 19.1. The topological polar surface area (TPSA) is 67.8 Å². The normalized spacial score (nSPS) is 11.8. The molecule has 0 saturated heterocycles. The molecule has 0 atom stereocenters. The zero-order valence-electron chi connectivity index (χ0n) is 17.5. The average Bonchev–Trinajstić information content (AvgIpc) is 3.57. The first kappa shape index (κ1) is 20.0. The summed E-state index contributed by atoms with van der Waals surface area (Å²) in [4.78, 5) is 25.9. The molecule has 5 aromatic rings. The first-order valence-electron chi connectivity index (χ1n) is 10.5. The number of amides is 1. The Morgan fingerprint density at radius 2 is 1.82 bits per heavy atom. The third-order valence-corrected chi connectivity index (χ3v) is 7.34. The molecule has 33 heavy (non-hydrogen) atoms. The molecule has 160 valence electrons. The summed E-state index contributed by atoms with van der Waals surface area (Å²) in [6, 6.07) is 18.9. The number of nitrogens with zero attached hydrogens (tertiary/aromatic N) is 3. The van der Waals surface area contributed by atoms with Crippen LogP contribution in [0, 0.1) is 0 Å². The summed E-state index contributed by atoms with van der Waals surface area (Å²) < 4.78 is 0. The maximum atomic E-state index is 12.6. The Hall–Kier alpha value is -3.68. The fraction of sp³-hybridized carbons (Fsp3) is 0.0769. The van der Waals surface area contributed by atoms with Gasteiger partial charge in [-0.2, -0.15) is 0 Å². The van der Waals surface area contributed by atoms with Crippen LogP contribution in [0.2, 0.25) is 0 Å². The summed E-state index contributed by atoms with van der Waals surface area (Å²) in [7, 11) is 0. The minimum absolute atomic E-state index is 0.122. The van der Waals surface area contributed by atoms with Gasteiger partial charge in [0.1, 0.15) is 5.01 Å². The number of thiazole rings is 2. The molecule has 0 radical (unpaired) electrons. The maximum absolute atomic E-state index is 12.6. The third kappa shape index (κ3) is 3.97. The van der Waals surface area contributed by atoms with Crippen molar-refractivity contribution in [1.29, 1.82) is 0 Å². The fourth-order valence-electron chi connectivity index (χ4n) is 4.11. The molecule has 0 aliphatic heterocycles. The molecule has 1 amide bonds. The van der Waals surface area contributed by atoms with Gasteiger partial charge >= 0.3 is 0 Å². The van der Waals surface area contributed by atoms with Gasteiger partial charge in [0, 0.05) is 34.3 Å². The number of benzene rings is 2. The number of aromatic nitrogens is 3. The summed E-state index contributed by atoms with van der Waals surface area (Å²) in [5.74, 6) is -0.122. The number of hydrogen-bond acceptors (Lipinski definition) is 6. The van der Waals surface area contributed by atoms with E-state index < -0.39 is 0 Å². The van der Waals surface area contributed by atoms with Crippen LogP contribution in [0.15, 0.2) is 77.8 Å². The second-order valence-electron chi connectivity index (χ2n) is 7.85. The van der Waals surface area contributed by atoms with Crippen molar-refractivity contribution in [2.75, 3.05) is 5.32 Å². The summed E-state index contributed by atoms with van der Waals surface area (Å²) in [6.07, 6.45) is 4.66. The lowest BCUT2D eigenvalue weighted by atomic mass is 10.0. The lowest BCUT2D eigenvalue weighted by Gasteiger charge is -2.03. The van der Waals surface area contributed by atoms with Gasteiger partial charge in [-0.25, -0.2) is 9.97 Å². The van der Waals surface area contributed by atoms with Gasteiger partial charge in [-0.15, -0.1) is 22.7 Å². The molecule has 1 aliphatic carbocycles. The Labute approximate surface area is 198 Å². The Morgan fingerprint density at radius 1 is 0.909 bits per heavy atom. The van der Waals surface area contributed by atoms with Crippen LogP contribution in [-0.2, 0) is 17.6 Å². The molecule has 1 N–H and O–H groups in total. The highest BCUT2D eigenvalue weighted by atomic mass is 32.1. The molecular formula is C26H18N4OS2. The van der Waals surface area contributed by atoms with Crippen LogP contribution in [0.1, 0.15) is 16.8 Å². The van der Waals surface area contributed by atoms with E-state index in [4.69, 9.17) is 0 Å². The average molecular weight is 467 g/mol. The van der Waals surface area contributed by atoms with E-state index in [9.17, 15) is 4.79 Å². The van der Waals surface area contributed by atoms with E-state index in [1.165, 1.54) is 44.9 Å². The fourth-order valence-corrected chi connectivity index (χ4v) is 5.65. The van der Waals surface area contributed by atoms with E-state index >= 15 is 0 Å².